The zero-order valence-corrected chi connectivity index (χ0v) is 19.1. The van der Waals surface area contributed by atoms with Crippen LogP contribution in [0.3, 0.4) is 0 Å². The average Bonchev–Trinajstić information content (AvgIpc) is 2.80. The molecular weight excluding hydrogens is 450 g/mol. The third-order valence-electron chi connectivity index (χ3n) is 4.80. The second kappa shape index (κ2) is 11.1. The molecule has 0 unspecified atom stereocenters. The van der Waals surface area contributed by atoms with Crippen LogP contribution in [0.1, 0.15) is 12.5 Å². The summed E-state index contributed by atoms with van der Waals surface area (Å²) in [5.74, 6) is -0.140. The lowest BCUT2D eigenvalue weighted by molar-refractivity contribution is -0.118. The molecule has 0 spiro atoms. The fourth-order valence-corrected chi connectivity index (χ4v) is 4.66. The molecule has 33 heavy (non-hydrogen) atoms. The maximum Gasteiger partial charge on any atom is 0.262 e. The molecule has 178 valence electrons. The first-order valence-electron chi connectivity index (χ1n) is 10.4. The summed E-state index contributed by atoms with van der Waals surface area (Å²) < 4.78 is 43.5. The molecule has 1 heterocycles. The largest absolute Gasteiger partial charge is 0.492 e. The van der Waals surface area contributed by atoms with Crippen molar-refractivity contribution in [3.63, 3.8) is 0 Å². The highest BCUT2D eigenvalue weighted by molar-refractivity contribution is 7.89. The van der Waals surface area contributed by atoms with Crippen LogP contribution in [-0.2, 0) is 30.8 Å². The molecule has 2 aromatic rings. The summed E-state index contributed by atoms with van der Waals surface area (Å²) in [5.41, 5.74) is 6.14. The van der Waals surface area contributed by atoms with Crippen molar-refractivity contribution in [2.45, 2.75) is 18.2 Å². The number of anilines is 1. The predicted octanol–water partition coefficient (Wildman–Crippen LogP) is 1.15. The third-order valence-corrected chi connectivity index (χ3v) is 6.70. The summed E-state index contributed by atoms with van der Waals surface area (Å²) in [5, 5.41) is 2.66. The van der Waals surface area contributed by atoms with Crippen molar-refractivity contribution in [3.8, 4) is 11.5 Å². The molecule has 0 bridgehead atoms. The zero-order chi connectivity index (χ0) is 23.8. The second-order valence-corrected chi connectivity index (χ2v) is 9.17. The summed E-state index contributed by atoms with van der Waals surface area (Å²) in [7, 11) is -3.74. The first-order valence-corrected chi connectivity index (χ1v) is 11.9. The highest BCUT2D eigenvalue weighted by Crippen LogP contribution is 2.29. The van der Waals surface area contributed by atoms with E-state index in [9.17, 15) is 18.0 Å². The summed E-state index contributed by atoms with van der Waals surface area (Å²) in [6.45, 7) is 3.02. The fourth-order valence-electron chi connectivity index (χ4n) is 3.22. The molecule has 0 aliphatic carbocycles. The van der Waals surface area contributed by atoms with Gasteiger partial charge in [-0.05, 0) is 42.8 Å². The van der Waals surface area contributed by atoms with Gasteiger partial charge in [0.2, 0.25) is 15.9 Å². The van der Waals surface area contributed by atoms with Gasteiger partial charge in [0.05, 0.1) is 36.8 Å². The number of primary amides is 1. The molecule has 3 rings (SSSR count). The van der Waals surface area contributed by atoms with Crippen molar-refractivity contribution in [3.05, 3.63) is 48.0 Å². The lowest BCUT2D eigenvalue weighted by Gasteiger charge is -2.26. The smallest absolute Gasteiger partial charge is 0.262 e. The van der Waals surface area contributed by atoms with Gasteiger partial charge in [0, 0.05) is 13.1 Å². The Hall–Kier alpha value is -3.15. The normalized spacial score (nSPS) is 14.5. The van der Waals surface area contributed by atoms with Crippen LogP contribution in [-0.4, -0.2) is 64.1 Å². The Morgan fingerprint density at radius 2 is 1.79 bits per heavy atom. The average molecular weight is 478 g/mol. The lowest BCUT2D eigenvalue weighted by atomic mass is 10.1. The van der Waals surface area contributed by atoms with Gasteiger partial charge in [-0.25, -0.2) is 8.42 Å². The minimum Gasteiger partial charge on any atom is -0.492 e. The van der Waals surface area contributed by atoms with Crippen molar-refractivity contribution in [1.82, 2.24) is 4.31 Å². The molecule has 0 saturated carbocycles. The number of nitrogens with one attached hydrogen (secondary N) is 1. The number of rotatable bonds is 10. The third kappa shape index (κ3) is 6.67. The van der Waals surface area contributed by atoms with Crippen molar-refractivity contribution >= 4 is 27.5 Å². The molecule has 0 atom stereocenters. The summed E-state index contributed by atoms with van der Waals surface area (Å²) in [6, 6.07) is 11.0. The van der Waals surface area contributed by atoms with E-state index in [4.69, 9.17) is 19.9 Å². The van der Waals surface area contributed by atoms with Gasteiger partial charge in [0.1, 0.15) is 11.5 Å². The number of carbonyl (C=O) groups is 2. The maximum absolute atomic E-state index is 13.0. The van der Waals surface area contributed by atoms with E-state index in [0.717, 1.165) is 5.56 Å². The summed E-state index contributed by atoms with van der Waals surface area (Å²) >= 11 is 0. The fraction of sp³-hybridized carbons (Fsp3) is 0.364. The molecule has 1 fully saturated rings. The molecule has 0 radical (unpaired) electrons. The van der Waals surface area contributed by atoms with Crippen molar-refractivity contribution in [2.75, 3.05) is 44.8 Å². The Kier molecular flexibility index (Phi) is 8.26. The number of amides is 2. The van der Waals surface area contributed by atoms with Crippen LogP contribution in [0, 0.1) is 0 Å². The van der Waals surface area contributed by atoms with E-state index in [-0.39, 0.29) is 36.7 Å². The molecular formula is C22H27N3O7S. The van der Waals surface area contributed by atoms with Gasteiger partial charge < -0.3 is 25.3 Å². The molecule has 3 N–H and O–H groups in total. The van der Waals surface area contributed by atoms with Gasteiger partial charge in [0.15, 0.2) is 6.61 Å². The van der Waals surface area contributed by atoms with Crippen LogP contribution in [0.25, 0.3) is 0 Å². The SMILES string of the molecule is CCOc1ccc(S(=O)(=O)N2CCOCC2)cc1NC(=O)COc1ccc(CC(N)=O)cc1. The standard InChI is InChI=1S/C22H27N3O7S/c1-2-31-20-8-7-18(33(28,29)25-9-11-30-12-10-25)14-19(20)24-22(27)15-32-17-5-3-16(4-6-17)13-21(23)26/h3-8,14H,2,9-13,15H2,1H3,(H2,23,26)(H,24,27). The molecule has 1 aliphatic heterocycles. The Labute approximate surface area is 192 Å². The van der Waals surface area contributed by atoms with E-state index in [1.807, 2.05) is 0 Å². The molecule has 2 amide bonds. The minimum absolute atomic E-state index is 0.0501. The number of morpholine rings is 1. The highest BCUT2D eigenvalue weighted by atomic mass is 32.2. The van der Waals surface area contributed by atoms with E-state index in [1.54, 1.807) is 31.2 Å². The zero-order valence-electron chi connectivity index (χ0n) is 18.3. The Morgan fingerprint density at radius 3 is 2.42 bits per heavy atom. The molecule has 10 nitrogen and oxygen atoms in total. The quantitative estimate of drug-likeness (QED) is 0.524. The molecule has 0 aromatic heterocycles. The highest BCUT2D eigenvalue weighted by Gasteiger charge is 2.27. The van der Waals surface area contributed by atoms with E-state index in [1.165, 1.54) is 22.5 Å². The first-order chi connectivity index (χ1) is 15.8. The topological polar surface area (TPSA) is 137 Å². The molecule has 11 heteroatoms. The number of ether oxygens (including phenoxy) is 3. The number of hydrogen-bond donors (Lipinski definition) is 2. The van der Waals surface area contributed by atoms with Crippen molar-refractivity contribution in [2.24, 2.45) is 5.73 Å². The van der Waals surface area contributed by atoms with Crippen LogP contribution in [0.5, 0.6) is 11.5 Å². The van der Waals surface area contributed by atoms with Crippen molar-refractivity contribution in [1.29, 1.82) is 0 Å². The molecule has 1 aliphatic rings. The minimum atomic E-state index is -3.74. The van der Waals surface area contributed by atoms with E-state index >= 15 is 0 Å². The maximum atomic E-state index is 13.0. The van der Waals surface area contributed by atoms with Crippen LogP contribution in [0.2, 0.25) is 0 Å². The van der Waals surface area contributed by atoms with Gasteiger partial charge in [0.25, 0.3) is 5.91 Å². The van der Waals surface area contributed by atoms with Gasteiger partial charge >= 0.3 is 0 Å². The number of nitrogens with two attached hydrogens (primary N) is 1. The number of hydrogen-bond acceptors (Lipinski definition) is 7. The molecule has 2 aromatic carbocycles. The summed E-state index contributed by atoms with van der Waals surface area (Å²) in [4.78, 5) is 23.5. The van der Waals surface area contributed by atoms with Gasteiger partial charge in [-0.3, -0.25) is 9.59 Å². The van der Waals surface area contributed by atoms with Gasteiger partial charge in [-0.1, -0.05) is 12.1 Å². The molecule has 1 saturated heterocycles. The monoisotopic (exact) mass is 477 g/mol. The Balaban J connectivity index is 1.69. The van der Waals surface area contributed by atoms with Crippen LogP contribution in [0.4, 0.5) is 5.69 Å². The van der Waals surface area contributed by atoms with E-state index < -0.39 is 21.8 Å². The number of sulfonamides is 1. The number of benzene rings is 2. The number of carbonyl (C=O) groups excluding carboxylic acids is 2. The van der Waals surface area contributed by atoms with E-state index in [2.05, 4.69) is 5.32 Å². The van der Waals surface area contributed by atoms with Gasteiger partial charge in [-0.15, -0.1) is 0 Å². The Bertz CT molecular complexity index is 1080. The van der Waals surface area contributed by atoms with Crippen LogP contribution >= 0.6 is 0 Å². The number of nitrogens with zero attached hydrogens (tertiary/aromatic N) is 1. The second-order valence-electron chi connectivity index (χ2n) is 7.23. The van der Waals surface area contributed by atoms with Crippen LogP contribution in [0.15, 0.2) is 47.4 Å². The van der Waals surface area contributed by atoms with Crippen molar-refractivity contribution < 1.29 is 32.2 Å². The Morgan fingerprint density at radius 1 is 1.09 bits per heavy atom. The predicted molar refractivity (Wildman–Crippen MR) is 121 cm³/mol. The van der Waals surface area contributed by atoms with Crippen LogP contribution < -0.4 is 20.5 Å². The first kappa shape index (κ1) is 24.5. The van der Waals surface area contributed by atoms with E-state index in [0.29, 0.717) is 31.3 Å². The summed E-state index contributed by atoms with van der Waals surface area (Å²) in [6.07, 6.45) is 0.116. The lowest BCUT2D eigenvalue weighted by Crippen LogP contribution is -2.40. The van der Waals surface area contributed by atoms with Gasteiger partial charge in [-0.2, -0.15) is 4.31 Å².